The summed E-state index contributed by atoms with van der Waals surface area (Å²) in [6, 6.07) is 10.9. The number of aryl methyl sites for hydroxylation is 1. The Bertz CT molecular complexity index is 1640. The van der Waals surface area contributed by atoms with Crippen molar-refractivity contribution < 1.29 is 19.2 Å². The van der Waals surface area contributed by atoms with E-state index in [1.165, 1.54) is 0 Å². The molecule has 1 saturated carbocycles. The van der Waals surface area contributed by atoms with Crippen molar-refractivity contribution in [2.75, 3.05) is 11.4 Å². The summed E-state index contributed by atoms with van der Waals surface area (Å²) in [5, 5.41) is 17.9. The Kier molecular flexibility index (Phi) is 9.07. The van der Waals surface area contributed by atoms with Crippen LogP contribution in [0.15, 0.2) is 46.3 Å². The van der Waals surface area contributed by atoms with Crippen LogP contribution in [0.3, 0.4) is 0 Å². The number of carbonyl (C=O) groups is 1. The highest BCUT2D eigenvalue weighted by molar-refractivity contribution is 7.14. The van der Waals surface area contributed by atoms with Crippen LogP contribution < -0.4 is 4.90 Å². The Labute approximate surface area is 272 Å². The minimum atomic E-state index is -0.925. The number of hydrogen-bond donors (Lipinski definition) is 1. The van der Waals surface area contributed by atoms with E-state index in [4.69, 9.17) is 37.4 Å². The van der Waals surface area contributed by atoms with Crippen LogP contribution in [0.5, 0.6) is 0 Å². The molecule has 7 nitrogen and oxygen atoms in total. The number of carboxylic acid groups (broad SMARTS) is 1. The van der Waals surface area contributed by atoms with Gasteiger partial charge in [-0.2, -0.15) is 0 Å². The molecule has 1 saturated heterocycles. The number of rotatable bonds is 10. The summed E-state index contributed by atoms with van der Waals surface area (Å²) >= 11 is 14.8. The molecular formula is C34H37Cl2N3O4S. The van der Waals surface area contributed by atoms with Crippen molar-refractivity contribution in [1.82, 2.24) is 10.1 Å². The molecule has 3 heterocycles. The minimum absolute atomic E-state index is 0.0687. The Morgan fingerprint density at radius 1 is 1.16 bits per heavy atom. The van der Waals surface area contributed by atoms with Gasteiger partial charge >= 0.3 is 5.97 Å². The third kappa shape index (κ3) is 6.27. The number of carboxylic acids is 1. The second-order valence-electron chi connectivity index (χ2n) is 12.4. The predicted molar refractivity (Wildman–Crippen MR) is 176 cm³/mol. The number of benzene rings is 2. The zero-order valence-corrected chi connectivity index (χ0v) is 27.7. The third-order valence-corrected chi connectivity index (χ3v) is 10.7. The molecular weight excluding hydrogens is 617 g/mol. The fourth-order valence-electron chi connectivity index (χ4n) is 6.15. The quantitative estimate of drug-likeness (QED) is 0.182. The Balaban J connectivity index is 1.22. The smallest absolute Gasteiger partial charge is 0.335 e. The van der Waals surface area contributed by atoms with E-state index in [2.05, 4.69) is 36.2 Å². The summed E-state index contributed by atoms with van der Waals surface area (Å²) in [7, 11) is 0. The van der Waals surface area contributed by atoms with Crippen molar-refractivity contribution in [1.29, 1.82) is 0 Å². The van der Waals surface area contributed by atoms with Crippen LogP contribution in [-0.2, 0) is 11.3 Å². The van der Waals surface area contributed by atoms with Crippen LogP contribution >= 0.6 is 34.5 Å². The highest BCUT2D eigenvalue weighted by Gasteiger charge is 2.37. The predicted octanol–water partition coefficient (Wildman–Crippen LogP) is 9.50. The molecule has 3 atom stereocenters. The fraction of sp³-hybridized carbons (Fsp3) is 0.441. The second kappa shape index (κ2) is 12.8. The maximum Gasteiger partial charge on any atom is 0.335 e. The lowest BCUT2D eigenvalue weighted by molar-refractivity contribution is 0.00917. The highest BCUT2D eigenvalue weighted by Crippen LogP contribution is 2.46. The number of piperidine rings is 1. The largest absolute Gasteiger partial charge is 0.478 e. The van der Waals surface area contributed by atoms with Gasteiger partial charge in [0.15, 0.2) is 5.13 Å². The molecule has 0 amide bonds. The average molecular weight is 655 g/mol. The van der Waals surface area contributed by atoms with E-state index >= 15 is 0 Å². The number of thiazole rings is 1. The van der Waals surface area contributed by atoms with Crippen LogP contribution in [0.25, 0.3) is 22.5 Å². The van der Waals surface area contributed by atoms with E-state index in [1.54, 1.807) is 23.5 Å². The Morgan fingerprint density at radius 3 is 2.57 bits per heavy atom. The number of anilines is 1. The molecule has 44 heavy (non-hydrogen) atoms. The number of aromatic nitrogens is 2. The van der Waals surface area contributed by atoms with E-state index in [1.807, 2.05) is 31.2 Å². The van der Waals surface area contributed by atoms with Gasteiger partial charge in [0.2, 0.25) is 0 Å². The van der Waals surface area contributed by atoms with Gasteiger partial charge in [0.1, 0.15) is 11.5 Å². The molecule has 2 fully saturated rings. The van der Waals surface area contributed by atoms with Crippen molar-refractivity contribution in [3.63, 3.8) is 0 Å². The second-order valence-corrected chi connectivity index (χ2v) is 14.1. The Morgan fingerprint density at radius 2 is 1.91 bits per heavy atom. The molecule has 6 rings (SSSR count). The standard InChI is InChI=1S/C34H37Cl2N3O4S/c1-18(2)20(4)29-15-23(12-13-39(29)34-37-28(17-44-34)24-11-10-22(33(40)41)14-19(24)3)42-16-25-31(38-43-32(25)21-8-9-21)30-26(35)6-5-7-27(30)36/h5-7,10-11,14,17-18,20-21,23,29H,8-9,12-13,15-16H2,1-4H3,(H,40,41)/t20-,23+,29?/m1/s1. The monoisotopic (exact) mass is 653 g/mol. The number of ether oxygens (including phenoxy) is 1. The lowest BCUT2D eigenvalue weighted by Gasteiger charge is -2.43. The number of hydrogen-bond acceptors (Lipinski definition) is 7. The molecule has 0 radical (unpaired) electrons. The SMILES string of the molecule is Cc1cc(C(=O)O)ccc1-c1csc(N2CC[C@H](OCc3c(-c4c(Cl)cccc4Cl)noc3C3CC3)CC2[C@H](C)C(C)C)n1. The van der Waals surface area contributed by atoms with Crippen molar-refractivity contribution in [3.05, 3.63) is 74.3 Å². The van der Waals surface area contributed by atoms with Gasteiger partial charge in [0, 0.05) is 40.6 Å². The summed E-state index contributed by atoms with van der Waals surface area (Å²) in [5.41, 5.74) is 5.34. The minimum Gasteiger partial charge on any atom is -0.478 e. The van der Waals surface area contributed by atoms with Crippen LogP contribution in [0.4, 0.5) is 5.13 Å². The number of halogens is 2. The molecule has 1 aliphatic heterocycles. The first kappa shape index (κ1) is 31.1. The molecule has 4 aromatic rings. The van der Waals surface area contributed by atoms with Crippen LogP contribution in [0.1, 0.15) is 79.6 Å². The summed E-state index contributed by atoms with van der Waals surface area (Å²) in [4.78, 5) is 18.9. The zero-order chi connectivity index (χ0) is 31.1. The first-order valence-electron chi connectivity index (χ1n) is 15.2. The van der Waals surface area contributed by atoms with Crippen LogP contribution in [0.2, 0.25) is 10.0 Å². The summed E-state index contributed by atoms with van der Waals surface area (Å²) in [6.07, 6.45) is 3.99. The molecule has 2 aliphatic rings. The van der Waals surface area contributed by atoms with E-state index in [0.29, 0.717) is 45.7 Å². The molecule has 1 unspecified atom stereocenters. The van der Waals surface area contributed by atoms with E-state index in [-0.39, 0.29) is 17.7 Å². The molecule has 0 bridgehead atoms. The molecule has 2 aromatic heterocycles. The van der Waals surface area contributed by atoms with Gasteiger partial charge in [-0.05, 0) is 74.3 Å². The topological polar surface area (TPSA) is 88.7 Å². The van der Waals surface area contributed by atoms with Gasteiger partial charge < -0.3 is 19.3 Å². The van der Waals surface area contributed by atoms with Crippen molar-refractivity contribution in [2.24, 2.45) is 11.8 Å². The fourth-order valence-corrected chi connectivity index (χ4v) is 7.63. The average Bonchev–Trinajstić information content (AvgIpc) is 3.58. The van der Waals surface area contributed by atoms with Crippen LogP contribution in [-0.4, -0.2) is 39.9 Å². The molecule has 0 spiro atoms. The van der Waals surface area contributed by atoms with Crippen molar-refractivity contribution in [2.45, 2.75) is 78.0 Å². The van der Waals surface area contributed by atoms with Gasteiger partial charge in [-0.3, -0.25) is 0 Å². The lowest BCUT2D eigenvalue weighted by atomic mass is 9.83. The number of aromatic carboxylic acids is 1. The van der Waals surface area contributed by atoms with E-state index in [9.17, 15) is 9.90 Å². The maximum atomic E-state index is 11.4. The summed E-state index contributed by atoms with van der Waals surface area (Å²) < 4.78 is 12.5. The normalized spacial score (nSPS) is 19.5. The van der Waals surface area contributed by atoms with Crippen molar-refractivity contribution in [3.8, 4) is 22.5 Å². The number of nitrogens with zero attached hydrogens (tertiary/aromatic N) is 3. The maximum absolute atomic E-state index is 11.4. The molecule has 1 N–H and O–H groups in total. The molecule has 1 aliphatic carbocycles. The zero-order valence-electron chi connectivity index (χ0n) is 25.3. The third-order valence-electron chi connectivity index (χ3n) is 9.17. The van der Waals surface area contributed by atoms with Gasteiger partial charge in [-0.15, -0.1) is 11.3 Å². The first-order valence-corrected chi connectivity index (χ1v) is 16.9. The van der Waals surface area contributed by atoms with Gasteiger partial charge in [0.25, 0.3) is 0 Å². The van der Waals surface area contributed by atoms with Gasteiger partial charge in [-0.1, -0.05) is 61.3 Å². The van der Waals surface area contributed by atoms with Crippen molar-refractivity contribution >= 4 is 45.6 Å². The Hall–Kier alpha value is -2.91. The first-order chi connectivity index (χ1) is 21.1. The lowest BCUT2D eigenvalue weighted by Crippen LogP contribution is -2.49. The van der Waals surface area contributed by atoms with Gasteiger partial charge in [-0.25, -0.2) is 9.78 Å². The molecule has 232 valence electrons. The van der Waals surface area contributed by atoms with Gasteiger partial charge in [0.05, 0.1) is 34.0 Å². The molecule has 10 heteroatoms. The van der Waals surface area contributed by atoms with Crippen LogP contribution in [0, 0.1) is 18.8 Å². The van der Waals surface area contributed by atoms with E-state index < -0.39 is 5.97 Å². The summed E-state index contributed by atoms with van der Waals surface area (Å²) in [6.45, 7) is 10.0. The highest BCUT2D eigenvalue weighted by atomic mass is 35.5. The van der Waals surface area contributed by atoms with E-state index in [0.717, 1.165) is 65.5 Å². The molecule has 2 aromatic carbocycles. The summed E-state index contributed by atoms with van der Waals surface area (Å²) in [5.74, 6) is 1.24.